The maximum Gasteiger partial charge on any atom is 0.126 e. The summed E-state index contributed by atoms with van der Waals surface area (Å²) in [6.07, 6.45) is 2.76. The Hall–Kier alpha value is -1.40. The van der Waals surface area contributed by atoms with Crippen LogP contribution in [0.1, 0.15) is 18.5 Å². The normalized spacial score (nSPS) is 16.1. The molecule has 2 rings (SSSR count). The molecular formula is C14H24N4O2. The Morgan fingerprint density at radius 1 is 1.50 bits per heavy atom. The molecule has 2 heterocycles. The molecule has 1 aromatic rings. The summed E-state index contributed by atoms with van der Waals surface area (Å²) in [6, 6.07) is 2.13. The molecule has 0 bridgehead atoms. The number of unbranched alkanes of at least 4 members (excludes halogenated alkanes) is 1. The molecule has 0 aromatic carbocycles. The van der Waals surface area contributed by atoms with E-state index < -0.39 is 0 Å². The van der Waals surface area contributed by atoms with Crippen LogP contribution in [0.5, 0.6) is 0 Å². The molecule has 0 radical (unpaired) electrons. The molecule has 6 nitrogen and oxygen atoms in total. The van der Waals surface area contributed by atoms with Gasteiger partial charge in [-0.15, -0.1) is 0 Å². The van der Waals surface area contributed by atoms with E-state index in [-0.39, 0.29) is 0 Å². The maximum atomic E-state index is 10.4. The van der Waals surface area contributed by atoms with Gasteiger partial charge in [0.2, 0.25) is 0 Å². The van der Waals surface area contributed by atoms with E-state index in [0.717, 1.165) is 50.4 Å². The molecule has 1 aliphatic heterocycles. The highest BCUT2D eigenvalue weighted by molar-refractivity contribution is 5.49. The summed E-state index contributed by atoms with van der Waals surface area (Å²) >= 11 is 0. The van der Waals surface area contributed by atoms with Gasteiger partial charge in [-0.2, -0.15) is 5.10 Å². The van der Waals surface area contributed by atoms with E-state index >= 15 is 0 Å². The van der Waals surface area contributed by atoms with Crippen LogP contribution in [0.3, 0.4) is 0 Å². The molecule has 1 fully saturated rings. The standard InChI is InChI=1S/C14H24N4O2/c1-16(2)14-8-12(9-17-10-13(11-17)20-3)15-18(14)6-4-5-7-19/h7-8,13H,4-6,9-11H2,1-3H3. The number of nitrogens with zero attached hydrogens (tertiary/aromatic N) is 4. The van der Waals surface area contributed by atoms with E-state index in [1.165, 1.54) is 0 Å². The Bertz CT molecular complexity index is 438. The predicted molar refractivity (Wildman–Crippen MR) is 77.9 cm³/mol. The van der Waals surface area contributed by atoms with Gasteiger partial charge in [-0.1, -0.05) is 0 Å². The van der Waals surface area contributed by atoms with Gasteiger partial charge in [-0.25, -0.2) is 4.68 Å². The molecule has 1 aliphatic rings. The zero-order valence-corrected chi connectivity index (χ0v) is 12.6. The van der Waals surface area contributed by atoms with Crippen LogP contribution >= 0.6 is 0 Å². The van der Waals surface area contributed by atoms with Crippen LogP contribution in [0.25, 0.3) is 0 Å². The summed E-state index contributed by atoms with van der Waals surface area (Å²) in [6.45, 7) is 3.60. The Kier molecular flexibility index (Phi) is 5.14. The fraction of sp³-hybridized carbons (Fsp3) is 0.714. The second-order valence-electron chi connectivity index (χ2n) is 5.47. The van der Waals surface area contributed by atoms with Crippen LogP contribution in [-0.4, -0.2) is 61.4 Å². The zero-order valence-electron chi connectivity index (χ0n) is 12.6. The molecule has 6 heteroatoms. The van der Waals surface area contributed by atoms with Crippen molar-refractivity contribution in [1.29, 1.82) is 0 Å². The Balaban J connectivity index is 1.95. The SMILES string of the molecule is COC1CN(Cc2cc(N(C)C)n(CCCC=O)n2)C1. The number of methoxy groups -OCH3 is 1. The Morgan fingerprint density at radius 2 is 2.25 bits per heavy atom. The summed E-state index contributed by atoms with van der Waals surface area (Å²) in [5.41, 5.74) is 1.08. The number of hydrogen-bond acceptors (Lipinski definition) is 5. The molecule has 0 unspecified atom stereocenters. The van der Waals surface area contributed by atoms with E-state index in [1.807, 2.05) is 18.8 Å². The largest absolute Gasteiger partial charge is 0.379 e. The van der Waals surface area contributed by atoms with Gasteiger partial charge in [0.1, 0.15) is 12.1 Å². The molecule has 0 N–H and O–H groups in total. The molecule has 0 atom stereocenters. The number of ether oxygens (including phenoxy) is 1. The van der Waals surface area contributed by atoms with Crippen molar-refractivity contribution in [1.82, 2.24) is 14.7 Å². The van der Waals surface area contributed by atoms with Gasteiger partial charge >= 0.3 is 0 Å². The first-order valence-corrected chi connectivity index (χ1v) is 7.07. The van der Waals surface area contributed by atoms with E-state index in [2.05, 4.69) is 21.0 Å². The summed E-state index contributed by atoms with van der Waals surface area (Å²) in [5.74, 6) is 1.09. The van der Waals surface area contributed by atoms with Crippen LogP contribution in [0.4, 0.5) is 5.82 Å². The van der Waals surface area contributed by atoms with Crippen molar-refractivity contribution in [2.24, 2.45) is 0 Å². The summed E-state index contributed by atoms with van der Waals surface area (Å²) in [5, 5.41) is 4.65. The zero-order chi connectivity index (χ0) is 14.5. The van der Waals surface area contributed by atoms with E-state index in [9.17, 15) is 4.79 Å². The first-order valence-electron chi connectivity index (χ1n) is 7.07. The minimum Gasteiger partial charge on any atom is -0.379 e. The van der Waals surface area contributed by atoms with Crippen LogP contribution in [0.2, 0.25) is 0 Å². The highest BCUT2D eigenvalue weighted by Crippen LogP contribution is 2.19. The van der Waals surface area contributed by atoms with Crippen LogP contribution in [0.15, 0.2) is 6.07 Å². The molecular weight excluding hydrogens is 256 g/mol. The molecule has 1 saturated heterocycles. The van der Waals surface area contributed by atoms with Gasteiger partial charge in [-0.3, -0.25) is 4.90 Å². The van der Waals surface area contributed by atoms with Crippen LogP contribution < -0.4 is 4.90 Å². The summed E-state index contributed by atoms with van der Waals surface area (Å²) < 4.78 is 7.27. The number of anilines is 1. The predicted octanol–water partition coefficient (Wildman–Crippen LogP) is 0.759. The summed E-state index contributed by atoms with van der Waals surface area (Å²) in [4.78, 5) is 14.8. The third-order valence-corrected chi connectivity index (χ3v) is 3.60. The molecule has 112 valence electrons. The average molecular weight is 280 g/mol. The number of likely N-dealkylation sites (tertiary alicyclic amines) is 1. The number of aromatic nitrogens is 2. The van der Waals surface area contributed by atoms with Gasteiger partial charge in [0.25, 0.3) is 0 Å². The van der Waals surface area contributed by atoms with Crippen molar-refractivity contribution < 1.29 is 9.53 Å². The molecule has 20 heavy (non-hydrogen) atoms. The van der Waals surface area contributed by atoms with Crippen LogP contribution in [-0.2, 0) is 22.6 Å². The molecule has 0 saturated carbocycles. The molecule has 0 aliphatic carbocycles. The fourth-order valence-corrected chi connectivity index (χ4v) is 2.41. The van der Waals surface area contributed by atoms with Crippen molar-refractivity contribution in [2.75, 3.05) is 39.2 Å². The quantitative estimate of drug-likeness (QED) is 0.520. The van der Waals surface area contributed by atoms with Crippen LogP contribution in [0, 0.1) is 0 Å². The van der Waals surface area contributed by atoms with Gasteiger partial charge in [0, 0.05) is 59.9 Å². The first kappa shape index (κ1) is 15.0. The molecule has 0 amide bonds. The lowest BCUT2D eigenvalue weighted by Gasteiger charge is -2.37. The second-order valence-corrected chi connectivity index (χ2v) is 5.47. The number of carbonyl (C=O) groups is 1. The van der Waals surface area contributed by atoms with Gasteiger partial charge in [-0.05, 0) is 6.42 Å². The van der Waals surface area contributed by atoms with Crippen molar-refractivity contribution in [3.8, 4) is 0 Å². The van der Waals surface area contributed by atoms with Gasteiger partial charge < -0.3 is 14.4 Å². The smallest absolute Gasteiger partial charge is 0.126 e. The lowest BCUT2D eigenvalue weighted by atomic mass is 10.1. The fourth-order valence-electron chi connectivity index (χ4n) is 2.41. The van der Waals surface area contributed by atoms with E-state index in [1.54, 1.807) is 7.11 Å². The third kappa shape index (κ3) is 3.58. The van der Waals surface area contributed by atoms with Gasteiger partial charge in [0.05, 0.1) is 11.8 Å². The number of rotatable bonds is 8. The summed E-state index contributed by atoms with van der Waals surface area (Å²) in [7, 11) is 5.79. The molecule has 1 aromatic heterocycles. The third-order valence-electron chi connectivity index (χ3n) is 3.60. The number of aryl methyl sites for hydroxylation is 1. The number of carbonyl (C=O) groups excluding carboxylic acids is 1. The topological polar surface area (TPSA) is 50.6 Å². The highest BCUT2D eigenvalue weighted by atomic mass is 16.5. The van der Waals surface area contributed by atoms with Crippen molar-refractivity contribution in [2.45, 2.75) is 32.0 Å². The number of hydrogen-bond donors (Lipinski definition) is 0. The van der Waals surface area contributed by atoms with E-state index in [4.69, 9.17) is 4.74 Å². The van der Waals surface area contributed by atoms with Crippen molar-refractivity contribution in [3.05, 3.63) is 11.8 Å². The van der Waals surface area contributed by atoms with Crippen molar-refractivity contribution in [3.63, 3.8) is 0 Å². The lowest BCUT2D eigenvalue weighted by molar-refractivity contribution is -0.107. The highest BCUT2D eigenvalue weighted by Gasteiger charge is 2.27. The second kappa shape index (κ2) is 6.85. The minimum atomic E-state index is 0.373. The maximum absolute atomic E-state index is 10.4. The minimum absolute atomic E-state index is 0.373. The van der Waals surface area contributed by atoms with Crippen molar-refractivity contribution >= 4 is 12.1 Å². The first-order chi connectivity index (χ1) is 9.63. The Labute approximate surface area is 120 Å². The lowest BCUT2D eigenvalue weighted by Crippen LogP contribution is -2.50. The van der Waals surface area contributed by atoms with Gasteiger partial charge in [0.15, 0.2) is 0 Å². The monoisotopic (exact) mass is 280 g/mol. The number of aldehydes is 1. The average Bonchev–Trinajstić information content (AvgIpc) is 2.77. The molecule has 0 spiro atoms. The Morgan fingerprint density at radius 3 is 2.85 bits per heavy atom. The van der Waals surface area contributed by atoms with E-state index in [0.29, 0.717) is 12.5 Å².